The Kier molecular flexibility index (Phi) is 2.99. The number of imidazole rings is 1. The predicted molar refractivity (Wildman–Crippen MR) is 81.4 cm³/mol. The molecule has 2 aromatic heterocycles. The highest BCUT2D eigenvalue weighted by atomic mass is 32.1. The third-order valence-electron chi connectivity index (χ3n) is 3.52. The second-order valence-electron chi connectivity index (χ2n) is 4.74. The van der Waals surface area contributed by atoms with Gasteiger partial charge in [0.05, 0.1) is 12.0 Å². The van der Waals surface area contributed by atoms with Crippen molar-refractivity contribution in [2.24, 2.45) is 7.05 Å². The van der Waals surface area contributed by atoms with Crippen LogP contribution in [0.3, 0.4) is 0 Å². The van der Waals surface area contributed by atoms with Gasteiger partial charge in [-0.25, -0.2) is 4.98 Å². The van der Waals surface area contributed by atoms with Crippen LogP contribution in [-0.2, 0) is 7.05 Å². The minimum Gasteiger partial charge on any atom is -0.337 e. The average Bonchev–Trinajstić information content (AvgIpc) is 2.95. The zero-order chi connectivity index (χ0) is 13.4. The van der Waals surface area contributed by atoms with Gasteiger partial charge in [-0.05, 0) is 19.4 Å². The first-order valence-electron chi connectivity index (χ1n) is 6.30. The summed E-state index contributed by atoms with van der Waals surface area (Å²) in [6, 6.07) is 10.5. The molecule has 0 aliphatic carbocycles. The minimum absolute atomic E-state index is 1.09. The molecule has 0 saturated heterocycles. The quantitative estimate of drug-likeness (QED) is 0.672. The maximum atomic E-state index is 4.55. The Morgan fingerprint density at radius 2 is 1.84 bits per heavy atom. The van der Waals surface area contributed by atoms with E-state index in [2.05, 4.69) is 59.1 Å². The van der Waals surface area contributed by atoms with E-state index in [1.807, 2.05) is 13.4 Å². The van der Waals surface area contributed by atoms with Gasteiger partial charge in [0.2, 0.25) is 0 Å². The molecule has 96 valence electrons. The van der Waals surface area contributed by atoms with Gasteiger partial charge in [-0.2, -0.15) is 0 Å². The Bertz CT molecular complexity index is 708. The van der Waals surface area contributed by atoms with Crippen molar-refractivity contribution in [3.8, 4) is 22.4 Å². The molecule has 3 rings (SSSR count). The van der Waals surface area contributed by atoms with Crippen LogP contribution < -0.4 is 0 Å². The first kappa shape index (κ1) is 12.2. The van der Waals surface area contributed by atoms with Gasteiger partial charge < -0.3 is 4.57 Å². The maximum Gasteiger partial charge on any atom is 0.0953 e. The zero-order valence-electron chi connectivity index (χ0n) is 11.3. The summed E-state index contributed by atoms with van der Waals surface area (Å²) in [5.74, 6) is 0. The van der Waals surface area contributed by atoms with E-state index >= 15 is 0 Å². The Balaban J connectivity index is 2.22. The minimum atomic E-state index is 1.09. The predicted octanol–water partition coefficient (Wildman–Crippen LogP) is 4.43. The highest BCUT2D eigenvalue weighted by Gasteiger charge is 2.16. The van der Waals surface area contributed by atoms with Crippen molar-refractivity contribution in [1.82, 2.24) is 9.55 Å². The SMILES string of the molecule is Cc1scc(-c2ncn(C)c2C)c1-c1ccccc1. The lowest BCUT2D eigenvalue weighted by Gasteiger charge is -2.05. The molecule has 0 atom stereocenters. The highest BCUT2D eigenvalue weighted by molar-refractivity contribution is 7.11. The summed E-state index contributed by atoms with van der Waals surface area (Å²) >= 11 is 1.79. The number of rotatable bonds is 2. The molecule has 3 heteroatoms. The number of benzene rings is 1. The van der Waals surface area contributed by atoms with Gasteiger partial charge in [0.25, 0.3) is 0 Å². The molecule has 0 spiro atoms. The standard InChI is InChI=1S/C16H16N2S/c1-11-16(17-10-18(11)3)14-9-19-12(2)15(14)13-7-5-4-6-8-13/h4-10H,1-3H3. The summed E-state index contributed by atoms with van der Waals surface area (Å²) in [7, 11) is 2.03. The molecule has 0 bridgehead atoms. The molecule has 2 nitrogen and oxygen atoms in total. The van der Waals surface area contributed by atoms with E-state index in [9.17, 15) is 0 Å². The first-order valence-corrected chi connectivity index (χ1v) is 7.18. The molecule has 1 aromatic carbocycles. The molecular formula is C16H16N2S. The average molecular weight is 268 g/mol. The van der Waals surface area contributed by atoms with Crippen molar-refractivity contribution in [3.63, 3.8) is 0 Å². The van der Waals surface area contributed by atoms with Crippen LogP contribution in [0, 0.1) is 13.8 Å². The fraction of sp³-hybridized carbons (Fsp3) is 0.188. The third-order valence-corrected chi connectivity index (χ3v) is 4.44. The van der Waals surface area contributed by atoms with E-state index in [-0.39, 0.29) is 0 Å². The van der Waals surface area contributed by atoms with Gasteiger partial charge in [0, 0.05) is 34.1 Å². The molecule has 0 aliphatic heterocycles. The van der Waals surface area contributed by atoms with E-state index in [4.69, 9.17) is 0 Å². The first-order chi connectivity index (χ1) is 9.18. The Hall–Kier alpha value is -1.87. The molecule has 3 aromatic rings. The fourth-order valence-corrected chi connectivity index (χ4v) is 3.22. The van der Waals surface area contributed by atoms with Crippen LogP contribution in [0.2, 0.25) is 0 Å². The van der Waals surface area contributed by atoms with Crippen molar-refractivity contribution >= 4 is 11.3 Å². The number of hydrogen-bond donors (Lipinski definition) is 0. The van der Waals surface area contributed by atoms with Crippen molar-refractivity contribution in [2.75, 3.05) is 0 Å². The second kappa shape index (κ2) is 4.67. The van der Waals surface area contributed by atoms with E-state index in [1.165, 1.54) is 27.3 Å². The number of hydrogen-bond acceptors (Lipinski definition) is 2. The summed E-state index contributed by atoms with van der Waals surface area (Å²) in [4.78, 5) is 5.89. The largest absolute Gasteiger partial charge is 0.337 e. The van der Waals surface area contributed by atoms with Crippen LogP contribution in [0.1, 0.15) is 10.6 Å². The Morgan fingerprint density at radius 3 is 2.47 bits per heavy atom. The highest BCUT2D eigenvalue weighted by Crippen LogP contribution is 2.39. The monoisotopic (exact) mass is 268 g/mol. The van der Waals surface area contributed by atoms with E-state index in [1.54, 1.807) is 11.3 Å². The molecule has 2 heterocycles. The van der Waals surface area contributed by atoms with Gasteiger partial charge in [0.1, 0.15) is 0 Å². The van der Waals surface area contributed by atoms with Gasteiger partial charge in [0.15, 0.2) is 0 Å². The van der Waals surface area contributed by atoms with Gasteiger partial charge >= 0.3 is 0 Å². The maximum absolute atomic E-state index is 4.55. The van der Waals surface area contributed by atoms with Gasteiger partial charge in [-0.3, -0.25) is 0 Å². The lowest BCUT2D eigenvalue weighted by molar-refractivity contribution is 0.874. The van der Waals surface area contributed by atoms with Crippen LogP contribution in [0.4, 0.5) is 0 Å². The summed E-state index contributed by atoms with van der Waals surface area (Å²) in [6.07, 6.45) is 1.88. The molecule has 0 amide bonds. The van der Waals surface area contributed by atoms with Crippen LogP contribution in [-0.4, -0.2) is 9.55 Å². The number of nitrogens with zero attached hydrogens (tertiary/aromatic N) is 2. The lowest BCUT2D eigenvalue weighted by atomic mass is 9.99. The third kappa shape index (κ3) is 2.00. The fourth-order valence-electron chi connectivity index (χ4n) is 2.35. The summed E-state index contributed by atoms with van der Waals surface area (Å²) in [5, 5.41) is 2.22. The van der Waals surface area contributed by atoms with Crippen LogP contribution in [0.5, 0.6) is 0 Å². The topological polar surface area (TPSA) is 17.8 Å². The number of aryl methyl sites for hydroxylation is 2. The normalized spacial score (nSPS) is 10.9. The lowest BCUT2D eigenvalue weighted by Crippen LogP contribution is -1.89. The van der Waals surface area contributed by atoms with Crippen molar-refractivity contribution < 1.29 is 0 Å². The Labute approximate surface area is 117 Å². The molecular weight excluding hydrogens is 252 g/mol. The molecule has 0 radical (unpaired) electrons. The molecule has 0 aliphatic rings. The van der Waals surface area contributed by atoms with Crippen molar-refractivity contribution in [3.05, 3.63) is 52.6 Å². The molecule has 0 N–H and O–H groups in total. The molecule has 0 saturated carbocycles. The molecule has 0 fully saturated rings. The van der Waals surface area contributed by atoms with Crippen molar-refractivity contribution in [1.29, 1.82) is 0 Å². The zero-order valence-corrected chi connectivity index (χ0v) is 12.2. The van der Waals surface area contributed by atoms with E-state index < -0.39 is 0 Å². The van der Waals surface area contributed by atoms with Crippen LogP contribution in [0.25, 0.3) is 22.4 Å². The van der Waals surface area contributed by atoms with E-state index in [0.29, 0.717) is 0 Å². The molecule has 19 heavy (non-hydrogen) atoms. The summed E-state index contributed by atoms with van der Waals surface area (Å²) < 4.78 is 2.07. The van der Waals surface area contributed by atoms with Crippen LogP contribution in [0.15, 0.2) is 42.0 Å². The summed E-state index contributed by atoms with van der Waals surface area (Å²) in [6.45, 7) is 4.29. The van der Waals surface area contributed by atoms with Gasteiger partial charge in [-0.1, -0.05) is 30.3 Å². The van der Waals surface area contributed by atoms with Crippen LogP contribution >= 0.6 is 11.3 Å². The van der Waals surface area contributed by atoms with Gasteiger partial charge in [-0.15, -0.1) is 11.3 Å². The Morgan fingerprint density at radius 1 is 1.11 bits per heavy atom. The number of aromatic nitrogens is 2. The smallest absolute Gasteiger partial charge is 0.0953 e. The second-order valence-corrected chi connectivity index (χ2v) is 5.82. The van der Waals surface area contributed by atoms with E-state index in [0.717, 1.165) is 5.69 Å². The summed E-state index contributed by atoms with van der Waals surface area (Å²) in [5.41, 5.74) is 6.11. The van der Waals surface area contributed by atoms with Crippen molar-refractivity contribution in [2.45, 2.75) is 13.8 Å². The number of thiophene rings is 1. The molecule has 0 unspecified atom stereocenters.